The maximum Gasteiger partial charge on any atom is 0.416 e. The molecule has 0 bridgehead atoms. The van der Waals surface area contributed by atoms with Crippen molar-refractivity contribution in [3.8, 4) is 28.6 Å². The van der Waals surface area contributed by atoms with Crippen molar-refractivity contribution in [2.45, 2.75) is 6.18 Å². The molecule has 0 N–H and O–H groups in total. The second-order valence-electron chi connectivity index (χ2n) is 14.7. The number of nitrogens with zero attached hydrogens (tertiary/aromatic N) is 3. The van der Waals surface area contributed by atoms with Gasteiger partial charge in [-0.15, -0.1) is 22.7 Å². The third-order valence-electron chi connectivity index (χ3n) is 11.6. The van der Waals surface area contributed by atoms with E-state index in [9.17, 15) is 18.4 Å². The zero-order valence-corrected chi connectivity index (χ0v) is 31.9. The predicted octanol–water partition coefficient (Wildman–Crippen LogP) is 15.2. The van der Waals surface area contributed by atoms with Crippen LogP contribution in [0, 0.1) is 11.3 Å². The fraction of sp³-hybridized carbons (Fsp3) is 0.0200. The molecule has 0 saturated heterocycles. The van der Waals surface area contributed by atoms with Crippen LogP contribution < -0.4 is 0 Å². The monoisotopic (exact) mass is 789 g/mol. The predicted molar refractivity (Wildman–Crippen MR) is 236 cm³/mol. The summed E-state index contributed by atoms with van der Waals surface area (Å²) < 4.78 is 51.8. The van der Waals surface area contributed by atoms with E-state index >= 15 is 0 Å². The Bertz CT molecular complexity index is 3550. The number of nitriles is 1. The van der Waals surface area contributed by atoms with Crippen LogP contribution in [0.1, 0.15) is 11.1 Å². The van der Waals surface area contributed by atoms with Gasteiger partial charge in [0.2, 0.25) is 0 Å². The number of halogens is 3. The second-order valence-corrected chi connectivity index (χ2v) is 16.8. The van der Waals surface area contributed by atoms with Gasteiger partial charge in [0.1, 0.15) is 11.6 Å². The molecule has 12 rings (SSSR count). The van der Waals surface area contributed by atoms with Gasteiger partial charge in [0.25, 0.3) is 0 Å². The van der Waals surface area contributed by atoms with Crippen LogP contribution in [0.25, 0.3) is 106 Å². The van der Waals surface area contributed by atoms with Gasteiger partial charge < -0.3 is 9.13 Å². The van der Waals surface area contributed by atoms with Crippen LogP contribution in [0.2, 0.25) is 0 Å². The molecule has 0 aliphatic carbocycles. The molecule has 58 heavy (non-hydrogen) atoms. The highest BCUT2D eigenvalue weighted by Gasteiger charge is 2.31. The fourth-order valence-electron chi connectivity index (χ4n) is 9.08. The van der Waals surface area contributed by atoms with Crippen molar-refractivity contribution >= 4 is 107 Å². The van der Waals surface area contributed by atoms with Gasteiger partial charge in [-0.1, -0.05) is 109 Å². The Kier molecular flexibility index (Phi) is 6.90. The summed E-state index contributed by atoms with van der Waals surface area (Å²) in [7, 11) is 0. The van der Waals surface area contributed by atoms with Crippen molar-refractivity contribution in [3.63, 3.8) is 0 Å². The zero-order valence-electron chi connectivity index (χ0n) is 30.3. The normalized spacial score (nSPS) is 12.4. The average Bonchev–Trinajstić information content (AvgIpc) is 4.00. The standard InChI is InChI=1S/C50H26F3N3S2/c51-50(52,53)30-11-9-10-28(24-30)29-25-42(55-40-16-5-1-12-31(40)35-20-22-37-33-14-3-7-18-44(33)57-48(37)46(35)55)39(27-54)43(26-29)56-41-17-6-2-13-32(41)36-21-23-38-34-15-4-8-19-45(34)58-49(38)47(36)56/h1-26H. The summed E-state index contributed by atoms with van der Waals surface area (Å²) in [6.07, 6.45) is -4.53. The Hall–Kier alpha value is -6.92. The lowest BCUT2D eigenvalue weighted by molar-refractivity contribution is -0.137. The average molecular weight is 790 g/mol. The molecule has 0 spiro atoms. The van der Waals surface area contributed by atoms with Gasteiger partial charge in [-0.3, -0.25) is 0 Å². The van der Waals surface area contributed by atoms with E-state index in [1.54, 1.807) is 28.7 Å². The van der Waals surface area contributed by atoms with E-state index in [1.807, 2.05) is 60.7 Å². The molecule has 274 valence electrons. The molecule has 8 heteroatoms. The molecule has 12 aromatic rings. The number of hydrogen-bond donors (Lipinski definition) is 0. The number of para-hydroxylation sites is 2. The molecule has 0 aliphatic rings. The van der Waals surface area contributed by atoms with Crippen LogP contribution in [0.15, 0.2) is 158 Å². The van der Waals surface area contributed by atoms with Crippen molar-refractivity contribution in [3.05, 3.63) is 169 Å². The van der Waals surface area contributed by atoms with Gasteiger partial charge in [-0.2, -0.15) is 18.4 Å². The van der Waals surface area contributed by atoms with E-state index in [4.69, 9.17) is 0 Å². The molecular weight excluding hydrogens is 764 g/mol. The Morgan fingerprint density at radius 1 is 0.448 bits per heavy atom. The Morgan fingerprint density at radius 3 is 1.41 bits per heavy atom. The second kappa shape index (κ2) is 12.0. The topological polar surface area (TPSA) is 33.6 Å². The van der Waals surface area contributed by atoms with Crippen LogP contribution >= 0.6 is 22.7 Å². The van der Waals surface area contributed by atoms with Crippen molar-refractivity contribution in [1.82, 2.24) is 9.13 Å². The highest BCUT2D eigenvalue weighted by atomic mass is 32.1. The number of rotatable bonds is 3. The smallest absolute Gasteiger partial charge is 0.306 e. The van der Waals surface area contributed by atoms with E-state index in [2.05, 4.69) is 88.0 Å². The van der Waals surface area contributed by atoms with E-state index in [0.29, 0.717) is 28.1 Å². The van der Waals surface area contributed by atoms with Crippen molar-refractivity contribution in [2.24, 2.45) is 0 Å². The number of fused-ring (bicyclic) bond motifs is 14. The summed E-state index contributed by atoms with van der Waals surface area (Å²) >= 11 is 3.42. The molecule has 8 aromatic carbocycles. The molecular formula is C50H26F3N3S2. The molecule has 0 saturated carbocycles. The molecule has 0 fully saturated rings. The van der Waals surface area contributed by atoms with Gasteiger partial charge in [0, 0.05) is 52.5 Å². The maximum atomic E-state index is 14.3. The number of benzene rings is 8. The largest absolute Gasteiger partial charge is 0.416 e. The Balaban J connectivity index is 1.29. The molecule has 3 nitrogen and oxygen atoms in total. The van der Waals surface area contributed by atoms with Crippen LogP contribution in [0.4, 0.5) is 13.2 Å². The summed E-state index contributed by atoms with van der Waals surface area (Å²) in [5, 5.41) is 20.2. The van der Waals surface area contributed by atoms with E-state index in [-0.39, 0.29) is 0 Å². The van der Waals surface area contributed by atoms with Crippen LogP contribution in [-0.2, 0) is 6.18 Å². The lowest BCUT2D eigenvalue weighted by Gasteiger charge is -2.19. The summed E-state index contributed by atoms with van der Waals surface area (Å²) in [6, 6.07) is 53.7. The molecule has 0 amide bonds. The SMILES string of the molecule is N#Cc1c(-n2c3ccccc3c3ccc4c5ccccc5sc4c32)cc(-c2cccc(C(F)(F)F)c2)cc1-n1c2ccccc2c2ccc3c4ccccc4sc3c21. The zero-order chi connectivity index (χ0) is 38.9. The first-order chi connectivity index (χ1) is 28.4. The van der Waals surface area contributed by atoms with Gasteiger partial charge in [-0.05, 0) is 59.7 Å². The highest BCUT2D eigenvalue weighted by molar-refractivity contribution is 7.27. The number of hydrogen-bond acceptors (Lipinski definition) is 3. The first-order valence-electron chi connectivity index (χ1n) is 18.8. The summed E-state index contributed by atoms with van der Waals surface area (Å²) in [6.45, 7) is 0. The lowest BCUT2D eigenvalue weighted by atomic mass is 9.98. The lowest BCUT2D eigenvalue weighted by Crippen LogP contribution is -2.06. The van der Waals surface area contributed by atoms with E-state index in [0.717, 1.165) is 90.0 Å². The molecule has 4 aromatic heterocycles. The van der Waals surface area contributed by atoms with Crippen LogP contribution in [0.5, 0.6) is 0 Å². The van der Waals surface area contributed by atoms with E-state index in [1.165, 1.54) is 12.1 Å². The van der Waals surface area contributed by atoms with Gasteiger partial charge in [-0.25, -0.2) is 0 Å². The van der Waals surface area contributed by atoms with Crippen molar-refractivity contribution < 1.29 is 13.2 Å². The molecule has 0 aliphatic heterocycles. The van der Waals surface area contributed by atoms with Crippen molar-refractivity contribution in [2.75, 3.05) is 0 Å². The van der Waals surface area contributed by atoms with Gasteiger partial charge in [0.05, 0.1) is 48.4 Å². The minimum atomic E-state index is -4.53. The number of thiophene rings is 2. The molecule has 0 radical (unpaired) electrons. The number of aromatic nitrogens is 2. The van der Waals surface area contributed by atoms with E-state index < -0.39 is 11.7 Å². The third-order valence-corrected chi connectivity index (χ3v) is 14.0. The first-order valence-corrected chi connectivity index (χ1v) is 20.4. The maximum absolute atomic E-state index is 14.3. The minimum Gasteiger partial charge on any atom is -0.306 e. The summed E-state index contributed by atoms with van der Waals surface area (Å²) in [4.78, 5) is 0. The fourth-order valence-corrected chi connectivity index (χ4v) is 11.6. The summed E-state index contributed by atoms with van der Waals surface area (Å²) in [5.74, 6) is 0. The van der Waals surface area contributed by atoms with Crippen LogP contribution in [0.3, 0.4) is 0 Å². The highest BCUT2D eigenvalue weighted by Crippen LogP contribution is 2.47. The number of alkyl halides is 3. The molecule has 4 heterocycles. The van der Waals surface area contributed by atoms with Crippen LogP contribution in [-0.4, -0.2) is 9.13 Å². The van der Waals surface area contributed by atoms with Gasteiger partial charge >= 0.3 is 6.18 Å². The molecule has 0 unspecified atom stereocenters. The van der Waals surface area contributed by atoms with Gasteiger partial charge in [0.15, 0.2) is 0 Å². The third kappa shape index (κ3) is 4.60. The molecule has 0 atom stereocenters. The minimum absolute atomic E-state index is 0.405. The first kappa shape index (κ1) is 33.2. The quantitative estimate of drug-likeness (QED) is 0.175. The Labute approximate surface area is 336 Å². The summed E-state index contributed by atoms with van der Waals surface area (Å²) in [5.41, 5.74) is 5.57. The van der Waals surface area contributed by atoms with Crippen molar-refractivity contribution in [1.29, 1.82) is 5.26 Å². The Morgan fingerprint density at radius 2 is 0.914 bits per heavy atom.